The van der Waals surface area contributed by atoms with Crippen molar-refractivity contribution in [3.63, 3.8) is 0 Å². The Balaban J connectivity index is 1.97. The van der Waals surface area contributed by atoms with Gasteiger partial charge in [-0.05, 0) is 32.0 Å². The van der Waals surface area contributed by atoms with Crippen molar-refractivity contribution in [1.29, 1.82) is 0 Å². The summed E-state index contributed by atoms with van der Waals surface area (Å²) in [6, 6.07) is 15.3. The molecule has 0 aliphatic carbocycles. The molecule has 0 saturated heterocycles. The highest BCUT2D eigenvalue weighted by molar-refractivity contribution is 5.69. The molecule has 3 aromatic rings. The van der Waals surface area contributed by atoms with Crippen molar-refractivity contribution in [2.24, 2.45) is 0 Å². The minimum Gasteiger partial charge on any atom is -0.383 e. The summed E-state index contributed by atoms with van der Waals surface area (Å²) in [7, 11) is 0. The first kappa shape index (κ1) is 18.7. The number of aromatic nitrogens is 2. The number of hydrogen-bond acceptors (Lipinski definition) is 4. The van der Waals surface area contributed by atoms with Gasteiger partial charge in [-0.15, -0.1) is 0 Å². The fourth-order valence-electron chi connectivity index (χ4n) is 2.57. The van der Waals surface area contributed by atoms with Gasteiger partial charge in [-0.25, -0.2) is 9.97 Å². The molecule has 2 N–H and O–H groups in total. The van der Waals surface area contributed by atoms with Crippen LogP contribution in [0, 0.1) is 0 Å². The molecule has 140 valence electrons. The first-order valence-corrected chi connectivity index (χ1v) is 8.45. The second kappa shape index (κ2) is 7.65. The topological polar surface area (TPSA) is 49.8 Å². The maximum absolute atomic E-state index is 12.9. The predicted molar refractivity (Wildman–Crippen MR) is 101 cm³/mol. The van der Waals surface area contributed by atoms with Crippen molar-refractivity contribution in [2.45, 2.75) is 26.1 Å². The van der Waals surface area contributed by atoms with E-state index in [1.807, 2.05) is 50.2 Å². The Morgan fingerprint density at radius 2 is 1.67 bits per heavy atom. The third-order valence-corrected chi connectivity index (χ3v) is 3.69. The van der Waals surface area contributed by atoms with Crippen LogP contribution in [0.3, 0.4) is 0 Å². The number of alkyl halides is 3. The molecule has 0 fully saturated rings. The Morgan fingerprint density at radius 1 is 0.926 bits per heavy atom. The molecular formula is C20H19F3N4. The lowest BCUT2D eigenvalue weighted by Crippen LogP contribution is -2.10. The number of nitrogens with zero attached hydrogens (tertiary/aromatic N) is 2. The molecule has 0 atom stereocenters. The van der Waals surface area contributed by atoms with Gasteiger partial charge in [0.15, 0.2) is 0 Å². The third-order valence-electron chi connectivity index (χ3n) is 3.69. The van der Waals surface area contributed by atoms with E-state index in [1.165, 1.54) is 0 Å². The van der Waals surface area contributed by atoms with E-state index < -0.39 is 11.7 Å². The van der Waals surface area contributed by atoms with Gasteiger partial charge in [0.25, 0.3) is 0 Å². The molecule has 0 unspecified atom stereocenters. The van der Waals surface area contributed by atoms with Gasteiger partial charge >= 0.3 is 6.18 Å². The first-order chi connectivity index (χ1) is 12.8. The first-order valence-electron chi connectivity index (χ1n) is 8.45. The van der Waals surface area contributed by atoms with Gasteiger partial charge in [-0.2, -0.15) is 13.2 Å². The number of anilines is 3. The van der Waals surface area contributed by atoms with Gasteiger partial charge in [0, 0.05) is 29.6 Å². The normalized spacial score (nSPS) is 11.5. The smallest absolute Gasteiger partial charge is 0.383 e. The van der Waals surface area contributed by atoms with Crippen LogP contribution in [-0.2, 0) is 6.18 Å². The molecule has 0 amide bonds. The van der Waals surface area contributed by atoms with E-state index in [-0.39, 0.29) is 11.9 Å². The fraction of sp³-hybridized carbons (Fsp3) is 0.200. The molecule has 2 aromatic heterocycles. The largest absolute Gasteiger partial charge is 0.416 e. The van der Waals surface area contributed by atoms with Crippen molar-refractivity contribution >= 4 is 17.3 Å². The molecule has 0 spiro atoms. The molecule has 1 aromatic carbocycles. The summed E-state index contributed by atoms with van der Waals surface area (Å²) in [5, 5.41) is 6.17. The number of pyridine rings is 2. The average molecular weight is 372 g/mol. The van der Waals surface area contributed by atoms with Crippen molar-refractivity contribution < 1.29 is 13.2 Å². The van der Waals surface area contributed by atoms with Crippen molar-refractivity contribution in [1.82, 2.24) is 9.97 Å². The predicted octanol–water partition coefficient (Wildman–Crippen LogP) is 5.73. The van der Waals surface area contributed by atoms with E-state index in [4.69, 9.17) is 0 Å². The molecule has 0 saturated carbocycles. The van der Waals surface area contributed by atoms with Gasteiger partial charge in [0.2, 0.25) is 0 Å². The molecule has 27 heavy (non-hydrogen) atoms. The van der Waals surface area contributed by atoms with Crippen LogP contribution in [0.1, 0.15) is 19.4 Å². The van der Waals surface area contributed by atoms with Crippen LogP contribution >= 0.6 is 0 Å². The van der Waals surface area contributed by atoms with E-state index in [1.54, 1.807) is 6.07 Å². The Morgan fingerprint density at radius 3 is 2.33 bits per heavy atom. The van der Waals surface area contributed by atoms with Gasteiger partial charge < -0.3 is 10.6 Å². The minimum absolute atomic E-state index is 0.0815. The Labute approximate surface area is 155 Å². The molecule has 0 aliphatic rings. The highest BCUT2D eigenvalue weighted by atomic mass is 19.4. The van der Waals surface area contributed by atoms with Crippen molar-refractivity contribution in [3.05, 3.63) is 66.4 Å². The molecule has 2 heterocycles. The second-order valence-corrected chi connectivity index (χ2v) is 6.34. The van der Waals surface area contributed by atoms with E-state index >= 15 is 0 Å². The summed E-state index contributed by atoms with van der Waals surface area (Å²) in [6.07, 6.45) is -3.30. The van der Waals surface area contributed by atoms with Crippen LogP contribution in [0.4, 0.5) is 30.5 Å². The van der Waals surface area contributed by atoms with Gasteiger partial charge in [-0.3, -0.25) is 0 Å². The number of benzene rings is 1. The zero-order valence-corrected chi connectivity index (χ0v) is 14.9. The maximum Gasteiger partial charge on any atom is 0.416 e. The average Bonchev–Trinajstić information content (AvgIpc) is 2.61. The van der Waals surface area contributed by atoms with Crippen molar-refractivity contribution in [3.8, 4) is 11.3 Å². The third kappa shape index (κ3) is 4.97. The molecular weight excluding hydrogens is 353 g/mol. The summed E-state index contributed by atoms with van der Waals surface area (Å²) in [5.74, 6) is 0.490. The number of rotatable bonds is 5. The standard InChI is InChI=1S/C20H19F3N4/c1-13(2)25-16-11-17(14-6-4-3-5-7-14)26-19(12-16)27-18-10-15(8-9-24-18)20(21,22)23/h3-13H,1-2H3,(H2,24,25,26,27). The summed E-state index contributed by atoms with van der Waals surface area (Å²) in [6.45, 7) is 4.01. The Bertz CT molecular complexity index is 909. The van der Waals surface area contributed by atoms with Crippen LogP contribution in [0.15, 0.2) is 60.8 Å². The quantitative estimate of drug-likeness (QED) is 0.601. The van der Waals surface area contributed by atoms with E-state index in [2.05, 4.69) is 20.6 Å². The molecule has 3 rings (SSSR count). The summed E-state index contributed by atoms with van der Waals surface area (Å²) < 4.78 is 38.8. The SMILES string of the molecule is CC(C)Nc1cc(Nc2cc(C(F)(F)F)ccn2)nc(-c2ccccc2)c1. The van der Waals surface area contributed by atoms with Gasteiger partial charge in [-0.1, -0.05) is 30.3 Å². The zero-order valence-electron chi connectivity index (χ0n) is 14.9. The van der Waals surface area contributed by atoms with Gasteiger partial charge in [0.05, 0.1) is 11.3 Å². The monoisotopic (exact) mass is 372 g/mol. The van der Waals surface area contributed by atoms with Crippen LogP contribution in [0.5, 0.6) is 0 Å². The summed E-state index contributed by atoms with van der Waals surface area (Å²) in [4.78, 5) is 8.50. The Hall–Kier alpha value is -3.09. The molecule has 0 aliphatic heterocycles. The van der Waals surface area contributed by atoms with Crippen LogP contribution in [0.25, 0.3) is 11.3 Å². The number of halogens is 3. The van der Waals surface area contributed by atoms with Crippen LogP contribution in [-0.4, -0.2) is 16.0 Å². The zero-order chi connectivity index (χ0) is 19.4. The molecule has 0 bridgehead atoms. The lowest BCUT2D eigenvalue weighted by Gasteiger charge is -2.15. The molecule has 0 radical (unpaired) electrons. The highest BCUT2D eigenvalue weighted by Gasteiger charge is 2.30. The summed E-state index contributed by atoms with van der Waals surface area (Å²) in [5.41, 5.74) is 1.66. The molecule has 7 heteroatoms. The maximum atomic E-state index is 12.9. The Kier molecular flexibility index (Phi) is 5.30. The van der Waals surface area contributed by atoms with Crippen LogP contribution in [0.2, 0.25) is 0 Å². The lowest BCUT2D eigenvalue weighted by molar-refractivity contribution is -0.137. The van der Waals surface area contributed by atoms with E-state index in [9.17, 15) is 13.2 Å². The van der Waals surface area contributed by atoms with Crippen LogP contribution < -0.4 is 10.6 Å². The highest BCUT2D eigenvalue weighted by Crippen LogP contribution is 2.31. The van der Waals surface area contributed by atoms with E-state index in [0.29, 0.717) is 11.5 Å². The number of hydrogen-bond donors (Lipinski definition) is 2. The fourth-order valence-corrected chi connectivity index (χ4v) is 2.57. The van der Waals surface area contributed by atoms with Gasteiger partial charge in [0.1, 0.15) is 11.6 Å². The molecule has 4 nitrogen and oxygen atoms in total. The summed E-state index contributed by atoms with van der Waals surface area (Å²) >= 11 is 0. The lowest BCUT2D eigenvalue weighted by atomic mass is 10.1. The second-order valence-electron chi connectivity index (χ2n) is 6.34. The van der Waals surface area contributed by atoms with E-state index in [0.717, 1.165) is 29.6 Å². The van der Waals surface area contributed by atoms with Crippen molar-refractivity contribution in [2.75, 3.05) is 10.6 Å². The minimum atomic E-state index is -4.43. The number of nitrogens with one attached hydrogen (secondary N) is 2.